The minimum atomic E-state index is -0.733. The number of pyridine rings is 1. The van der Waals surface area contributed by atoms with E-state index in [-0.39, 0.29) is 24.3 Å². The maximum absolute atomic E-state index is 13.9. The van der Waals surface area contributed by atoms with Crippen molar-refractivity contribution in [1.82, 2.24) is 24.8 Å². The zero-order valence-corrected chi connectivity index (χ0v) is 23.2. The highest BCUT2D eigenvalue weighted by molar-refractivity contribution is 5.94. The third-order valence-corrected chi connectivity index (χ3v) is 7.21. The first-order chi connectivity index (χ1) is 20.3. The Morgan fingerprint density at radius 2 is 1.76 bits per heavy atom. The highest BCUT2D eigenvalue weighted by atomic mass is 19.1. The molecule has 2 aromatic carbocycles. The number of anilines is 1. The monoisotopic (exact) mass is 578 g/mol. The lowest BCUT2D eigenvalue weighted by Crippen LogP contribution is -2.48. The lowest BCUT2D eigenvalue weighted by molar-refractivity contribution is 0.0724. The Morgan fingerprint density at radius 1 is 1.00 bits per heavy atom. The molecule has 1 aliphatic rings. The number of nitrogens with zero attached hydrogens (tertiary/aromatic N) is 5. The number of nitrogens with one attached hydrogen (secondary N) is 1. The van der Waals surface area contributed by atoms with Gasteiger partial charge in [0.1, 0.15) is 11.6 Å². The summed E-state index contributed by atoms with van der Waals surface area (Å²) in [5.41, 5.74) is 1.96. The number of aromatic nitrogens is 3. The highest BCUT2D eigenvalue weighted by Gasteiger charge is 2.21. The number of rotatable bonds is 10. The molecule has 5 rings (SSSR count). The number of aliphatic hydroxyl groups is 1. The van der Waals surface area contributed by atoms with Crippen LogP contribution >= 0.6 is 0 Å². The van der Waals surface area contributed by atoms with E-state index < -0.39 is 17.5 Å². The molecule has 42 heavy (non-hydrogen) atoms. The van der Waals surface area contributed by atoms with Gasteiger partial charge in [-0.05, 0) is 43.3 Å². The van der Waals surface area contributed by atoms with E-state index in [9.17, 15) is 18.4 Å². The second kappa shape index (κ2) is 13.1. The molecule has 1 amide bonds. The Hall–Kier alpha value is -4.26. The standard InChI is InChI=1S/C30H32F2N6O4/c1-20-25-8-9-27(40)38(28(25)35-30(34-20)37-12-10-36(11-13-37)14-16-42-17-15-39)24-6-3-21(4-7-24)29(41)33-19-22-2-5-23(31)18-26(22)32/h2-9,18,39H,10-17,19H2,1H3,(H,33,41). The number of aryl methyl sites for hydroxylation is 1. The Balaban J connectivity index is 1.33. The van der Waals surface area contributed by atoms with E-state index in [1.165, 1.54) is 16.7 Å². The van der Waals surface area contributed by atoms with Gasteiger partial charge >= 0.3 is 0 Å². The number of ether oxygens (including phenoxy) is 1. The molecular weight excluding hydrogens is 546 g/mol. The van der Waals surface area contributed by atoms with Crippen LogP contribution in [-0.2, 0) is 11.3 Å². The van der Waals surface area contributed by atoms with Crippen molar-refractivity contribution in [3.8, 4) is 5.69 Å². The molecule has 2 aromatic heterocycles. The summed E-state index contributed by atoms with van der Waals surface area (Å²) in [4.78, 5) is 39.7. The summed E-state index contributed by atoms with van der Waals surface area (Å²) >= 11 is 0. The molecule has 1 saturated heterocycles. The predicted octanol–water partition coefficient (Wildman–Crippen LogP) is 2.43. The number of piperazine rings is 1. The van der Waals surface area contributed by atoms with Crippen molar-refractivity contribution in [3.05, 3.63) is 93.4 Å². The third-order valence-electron chi connectivity index (χ3n) is 7.21. The minimum Gasteiger partial charge on any atom is -0.394 e. The molecule has 0 aliphatic carbocycles. The molecule has 0 radical (unpaired) electrons. The van der Waals surface area contributed by atoms with Crippen molar-refractivity contribution >= 4 is 22.9 Å². The van der Waals surface area contributed by atoms with Crippen LogP contribution in [0.15, 0.2) is 59.4 Å². The van der Waals surface area contributed by atoms with Crippen molar-refractivity contribution < 1.29 is 23.4 Å². The first-order valence-corrected chi connectivity index (χ1v) is 13.7. The Morgan fingerprint density at radius 3 is 2.48 bits per heavy atom. The van der Waals surface area contributed by atoms with Gasteiger partial charge in [0, 0.05) is 67.9 Å². The molecule has 12 heteroatoms. The van der Waals surface area contributed by atoms with E-state index >= 15 is 0 Å². The molecule has 0 unspecified atom stereocenters. The first-order valence-electron chi connectivity index (χ1n) is 13.7. The number of fused-ring (bicyclic) bond motifs is 1. The summed E-state index contributed by atoms with van der Waals surface area (Å²) in [6.07, 6.45) is 0. The van der Waals surface area contributed by atoms with Gasteiger partial charge in [0.15, 0.2) is 5.65 Å². The van der Waals surface area contributed by atoms with E-state index in [4.69, 9.17) is 19.8 Å². The van der Waals surface area contributed by atoms with Crippen LogP contribution in [0.1, 0.15) is 21.6 Å². The van der Waals surface area contributed by atoms with Crippen LogP contribution < -0.4 is 15.8 Å². The number of hydrogen-bond donors (Lipinski definition) is 2. The van der Waals surface area contributed by atoms with Crippen molar-refractivity contribution in [2.75, 3.05) is 57.4 Å². The van der Waals surface area contributed by atoms with Crippen LogP contribution in [0.2, 0.25) is 0 Å². The molecule has 0 saturated carbocycles. The molecule has 3 heterocycles. The fourth-order valence-electron chi connectivity index (χ4n) is 4.88. The van der Waals surface area contributed by atoms with Gasteiger partial charge in [-0.15, -0.1) is 0 Å². The molecule has 0 spiro atoms. The molecule has 0 bridgehead atoms. The maximum atomic E-state index is 13.9. The minimum absolute atomic E-state index is 0.0120. The van der Waals surface area contributed by atoms with E-state index in [2.05, 4.69) is 15.1 Å². The molecule has 4 aromatic rings. The van der Waals surface area contributed by atoms with Crippen molar-refractivity contribution in [3.63, 3.8) is 0 Å². The molecule has 1 fully saturated rings. The second-order valence-corrected chi connectivity index (χ2v) is 9.98. The lowest BCUT2D eigenvalue weighted by atomic mass is 10.1. The summed E-state index contributed by atoms with van der Waals surface area (Å²) < 4.78 is 33.9. The summed E-state index contributed by atoms with van der Waals surface area (Å²) in [6.45, 7) is 6.52. The largest absolute Gasteiger partial charge is 0.394 e. The second-order valence-electron chi connectivity index (χ2n) is 9.98. The van der Waals surface area contributed by atoms with Crippen LogP contribution in [0.25, 0.3) is 16.7 Å². The van der Waals surface area contributed by atoms with E-state index in [0.717, 1.165) is 42.8 Å². The van der Waals surface area contributed by atoms with Gasteiger partial charge in [0.05, 0.1) is 31.2 Å². The SMILES string of the molecule is Cc1nc(N2CCN(CCOCCO)CC2)nc2c1ccc(=O)n2-c1ccc(C(=O)NCc2ccc(F)cc2F)cc1. The predicted molar refractivity (Wildman–Crippen MR) is 154 cm³/mol. The summed E-state index contributed by atoms with van der Waals surface area (Å²) in [5.74, 6) is -1.31. The maximum Gasteiger partial charge on any atom is 0.256 e. The Labute approximate surface area is 241 Å². The first kappa shape index (κ1) is 29.2. The van der Waals surface area contributed by atoms with Crippen molar-refractivity contribution in [2.24, 2.45) is 0 Å². The van der Waals surface area contributed by atoms with Crippen LogP contribution in [-0.4, -0.2) is 83.0 Å². The number of carbonyl (C=O) groups excluding carboxylic acids is 1. The van der Waals surface area contributed by atoms with Gasteiger partial charge in [-0.25, -0.2) is 13.8 Å². The average molecular weight is 579 g/mol. The number of carbonyl (C=O) groups is 1. The van der Waals surface area contributed by atoms with Crippen LogP contribution in [0.3, 0.4) is 0 Å². The van der Waals surface area contributed by atoms with Crippen LogP contribution in [0.4, 0.5) is 14.7 Å². The molecule has 1 aliphatic heterocycles. The number of benzene rings is 2. The van der Waals surface area contributed by atoms with Crippen molar-refractivity contribution in [1.29, 1.82) is 0 Å². The van der Waals surface area contributed by atoms with E-state index in [1.54, 1.807) is 30.3 Å². The van der Waals surface area contributed by atoms with E-state index in [1.807, 2.05) is 6.92 Å². The zero-order chi connectivity index (χ0) is 29.6. The molecular formula is C30H32F2N6O4. The number of hydrogen-bond acceptors (Lipinski definition) is 8. The summed E-state index contributed by atoms with van der Waals surface area (Å²) in [5, 5.41) is 12.2. The van der Waals surface area contributed by atoms with Crippen LogP contribution in [0, 0.1) is 18.6 Å². The average Bonchev–Trinajstić information content (AvgIpc) is 2.99. The summed E-state index contributed by atoms with van der Waals surface area (Å²) in [7, 11) is 0. The van der Waals surface area contributed by atoms with Gasteiger partial charge in [-0.3, -0.25) is 19.1 Å². The molecule has 2 N–H and O–H groups in total. The quantitative estimate of drug-likeness (QED) is 0.276. The lowest BCUT2D eigenvalue weighted by Gasteiger charge is -2.34. The highest BCUT2D eigenvalue weighted by Crippen LogP contribution is 2.22. The van der Waals surface area contributed by atoms with Gasteiger partial charge in [-0.1, -0.05) is 6.07 Å². The molecule has 220 valence electrons. The topological polar surface area (TPSA) is 113 Å². The normalized spacial score (nSPS) is 14.0. The van der Waals surface area contributed by atoms with Gasteiger partial charge < -0.3 is 20.1 Å². The van der Waals surface area contributed by atoms with Gasteiger partial charge in [0.25, 0.3) is 11.5 Å². The Kier molecular flexibility index (Phi) is 9.15. The third kappa shape index (κ3) is 6.62. The van der Waals surface area contributed by atoms with Crippen molar-refractivity contribution in [2.45, 2.75) is 13.5 Å². The molecule has 10 nitrogen and oxygen atoms in total. The van der Waals surface area contributed by atoms with Crippen LogP contribution in [0.5, 0.6) is 0 Å². The van der Waals surface area contributed by atoms with Gasteiger partial charge in [0.2, 0.25) is 5.95 Å². The fraction of sp³-hybridized carbons (Fsp3) is 0.333. The summed E-state index contributed by atoms with van der Waals surface area (Å²) in [6, 6.07) is 12.8. The Bertz CT molecular complexity index is 1620. The van der Waals surface area contributed by atoms with E-state index in [0.29, 0.717) is 49.1 Å². The smallest absolute Gasteiger partial charge is 0.256 e. The fourth-order valence-corrected chi connectivity index (χ4v) is 4.88. The number of amides is 1. The molecule has 0 atom stereocenters. The zero-order valence-electron chi connectivity index (χ0n) is 23.2. The number of aliphatic hydroxyl groups excluding tert-OH is 1. The number of halogens is 2. The van der Waals surface area contributed by atoms with Gasteiger partial charge in [-0.2, -0.15) is 4.98 Å².